The van der Waals surface area contributed by atoms with Crippen LogP contribution in [0.1, 0.15) is 6.92 Å². The number of aromatic nitrogens is 3. The van der Waals surface area contributed by atoms with Gasteiger partial charge in [-0.25, -0.2) is 0 Å². The fourth-order valence-corrected chi connectivity index (χ4v) is 1.40. The highest BCUT2D eigenvalue weighted by Crippen LogP contribution is 2.00. The Morgan fingerprint density at radius 3 is 3.00 bits per heavy atom. The molecule has 0 saturated heterocycles. The summed E-state index contributed by atoms with van der Waals surface area (Å²) in [5.74, 6) is 0. The fraction of sp³-hybridized carbons (Fsp3) is 0.250. The van der Waals surface area contributed by atoms with Gasteiger partial charge in [0.2, 0.25) is 0 Å². The van der Waals surface area contributed by atoms with E-state index in [2.05, 4.69) is 0 Å². The van der Waals surface area contributed by atoms with Gasteiger partial charge in [-0.05, 0) is 6.92 Å². The average Bonchev–Trinajstić information content (AvgIpc) is 2.61. The zero-order valence-electron chi connectivity index (χ0n) is 7.17. The van der Waals surface area contributed by atoms with Crippen molar-refractivity contribution >= 4 is 11.7 Å². The maximum absolute atomic E-state index is 10.6. The first-order chi connectivity index (χ1) is 6.24. The first-order valence-electron chi connectivity index (χ1n) is 4.03. The lowest BCUT2D eigenvalue weighted by atomic mass is 10.6. The third-order valence-corrected chi connectivity index (χ3v) is 2.03. The summed E-state index contributed by atoms with van der Waals surface area (Å²) >= 11 is 0. The van der Waals surface area contributed by atoms with Crippen molar-refractivity contribution in [2.45, 2.75) is 13.5 Å². The van der Waals surface area contributed by atoms with Gasteiger partial charge in [-0.2, -0.15) is 0 Å². The molecule has 0 aromatic carbocycles. The SMILES string of the molecule is CC[n+]1ccc2n(C(=O)[O-])ccn21. The molecule has 0 spiro atoms. The molecule has 0 fully saturated rings. The molecule has 0 N–H and O–H groups in total. The Morgan fingerprint density at radius 2 is 2.38 bits per heavy atom. The first kappa shape index (κ1) is 7.85. The highest BCUT2D eigenvalue weighted by Gasteiger charge is 2.10. The van der Waals surface area contributed by atoms with Crippen LogP contribution in [0, 0.1) is 0 Å². The Kier molecular flexibility index (Phi) is 1.58. The number of imidazole rings is 1. The van der Waals surface area contributed by atoms with E-state index in [0.717, 1.165) is 11.1 Å². The van der Waals surface area contributed by atoms with E-state index in [1.54, 1.807) is 16.8 Å². The number of nitrogens with zero attached hydrogens (tertiary/aromatic N) is 3. The summed E-state index contributed by atoms with van der Waals surface area (Å²) < 4.78 is 4.73. The van der Waals surface area contributed by atoms with E-state index >= 15 is 0 Å². The van der Waals surface area contributed by atoms with Crippen molar-refractivity contribution in [1.29, 1.82) is 0 Å². The fourth-order valence-electron chi connectivity index (χ4n) is 1.40. The quantitative estimate of drug-likeness (QED) is 0.540. The van der Waals surface area contributed by atoms with Crippen molar-refractivity contribution in [2.24, 2.45) is 0 Å². The molecule has 0 amide bonds. The molecule has 0 saturated carbocycles. The van der Waals surface area contributed by atoms with Gasteiger partial charge >= 0.3 is 0 Å². The minimum atomic E-state index is -1.21. The molecule has 2 rings (SSSR count). The van der Waals surface area contributed by atoms with Crippen LogP contribution in [-0.2, 0) is 6.54 Å². The summed E-state index contributed by atoms with van der Waals surface area (Å²) in [6.45, 7) is 2.79. The van der Waals surface area contributed by atoms with Gasteiger partial charge in [-0.3, -0.25) is 4.57 Å². The topological polar surface area (TPSA) is 53.3 Å². The number of aryl methyl sites for hydroxylation is 1. The lowest BCUT2D eigenvalue weighted by Crippen LogP contribution is -2.37. The monoisotopic (exact) mass is 179 g/mol. The summed E-state index contributed by atoms with van der Waals surface area (Å²) in [4.78, 5) is 10.6. The molecule has 0 unspecified atom stereocenters. The molecule has 0 bridgehead atoms. The van der Waals surface area contributed by atoms with Crippen molar-refractivity contribution in [1.82, 2.24) is 9.08 Å². The van der Waals surface area contributed by atoms with Crippen LogP contribution in [-0.4, -0.2) is 15.2 Å². The molecular weight excluding hydrogens is 170 g/mol. The highest BCUT2D eigenvalue weighted by atomic mass is 16.4. The Labute approximate surface area is 74.4 Å². The zero-order chi connectivity index (χ0) is 9.42. The Bertz CT molecular complexity index is 455. The number of rotatable bonds is 1. The lowest BCUT2D eigenvalue weighted by molar-refractivity contribution is -0.757. The Hall–Kier alpha value is -1.78. The summed E-state index contributed by atoms with van der Waals surface area (Å²) in [5.41, 5.74) is 0.599. The molecule has 5 nitrogen and oxygen atoms in total. The first-order valence-corrected chi connectivity index (χ1v) is 4.03. The van der Waals surface area contributed by atoms with Gasteiger partial charge in [0.05, 0.1) is 12.3 Å². The predicted molar refractivity (Wildman–Crippen MR) is 42.1 cm³/mol. The van der Waals surface area contributed by atoms with E-state index in [1.165, 1.54) is 6.20 Å². The zero-order valence-corrected chi connectivity index (χ0v) is 7.17. The van der Waals surface area contributed by atoms with Crippen LogP contribution < -0.4 is 9.79 Å². The van der Waals surface area contributed by atoms with E-state index < -0.39 is 6.09 Å². The molecule has 68 valence electrons. The molecule has 0 radical (unpaired) electrons. The highest BCUT2D eigenvalue weighted by molar-refractivity contribution is 5.71. The minimum absolute atomic E-state index is 0.599. The lowest BCUT2D eigenvalue weighted by Gasteiger charge is -1.99. The Morgan fingerprint density at radius 1 is 1.62 bits per heavy atom. The van der Waals surface area contributed by atoms with Crippen molar-refractivity contribution in [2.75, 3.05) is 0 Å². The minimum Gasteiger partial charge on any atom is -0.529 e. The summed E-state index contributed by atoms with van der Waals surface area (Å²) in [6, 6.07) is 1.74. The Balaban J connectivity index is 2.69. The molecule has 13 heavy (non-hydrogen) atoms. The molecule has 0 aliphatic carbocycles. The van der Waals surface area contributed by atoms with Crippen LogP contribution in [0.4, 0.5) is 4.79 Å². The van der Waals surface area contributed by atoms with E-state index in [4.69, 9.17) is 0 Å². The average molecular weight is 179 g/mol. The smallest absolute Gasteiger partial charge is 0.198 e. The number of carboxylic acid groups (broad SMARTS) is 1. The largest absolute Gasteiger partial charge is 0.529 e. The molecule has 2 aromatic heterocycles. The maximum Gasteiger partial charge on any atom is 0.198 e. The number of hydrogen-bond acceptors (Lipinski definition) is 2. The van der Waals surface area contributed by atoms with E-state index in [-0.39, 0.29) is 0 Å². The van der Waals surface area contributed by atoms with Gasteiger partial charge < -0.3 is 9.90 Å². The van der Waals surface area contributed by atoms with Crippen LogP contribution in [0.3, 0.4) is 0 Å². The van der Waals surface area contributed by atoms with Gasteiger partial charge in [-0.15, -0.1) is 9.20 Å². The van der Waals surface area contributed by atoms with Crippen molar-refractivity contribution in [3.63, 3.8) is 0 Å². The van der Waals surface area contributed by atoms with E-state index in [0.29, 0.717) is 5.65 Å². The maximum atomic E-state index is 10.6. The van der Waals surface area contributed by atoms with E-state index in [9.17, 15) is 9.90 Å². The van der Waals surface area contributed by atoms with Gasteiger partial charge in [0.1, 0.15) is 6.09 Å². The molecular formula is C8H9N3O2. The van der Waals surface area contributed by atoms with Crippen molar-refractivity contribution in [3.8, 4) is 0 Å². The molecule has 0 aliphatic heterocycles. The molecule has 2 aromatic rings. The number of hydrogen-bond donors (Lipinski definition) is 0. The number of fused-ring (bicyclic) bond motifs is 1. The third-order valence-electron chi connectivity index (χ3n) is 2.03. The molecule has 5 heteroatoms. The summed E-state index contributed by atoms with van der Waals surface area (Å²) in [6.07, 6.45) is 3.77. The number of carbonyl (C=O) groups excluding carboxylic acids is 1. The van der Waals surface area contributed by atoms with Gasteiger partial charge in [-0.1, -0.05) is 0 Å². The normalized spacial score (nSPS) is 10.8. The summed E-state index contributed by atoms with van der Waals surface area (Å²) in [5, 5.41) is 10.6. The van der Waals surface area contributed by atoms with Crippen molar-refractivity contribution in [3.05, 3.63) is 24.7 Å². The van der Waals surface area contributed by atoms with Gasteiger partial charge in [0, 0.05) is 6.20 Å². The van der Waals surface area contributed by atoms with E-state index in [1.807, 2.05) is 17.8 Å². The van der Waals surface area contributed by atoms with Crippen LogP contribution in [0.2, 0.25) is 0 Å². The second kappa shape index (κ2) is 2.62. The third kappa shape index (κ3) is 1.00. The number of carbonyl (C=O) groups is 1. The second-order valence-electron chi connectivity index (χ2n) is 2.71. The van der Waals surface area contributed by atoms with Crippen LogP contribution >= 0.6 is 0 Å². The van der Waals surface area contributed by atoms with Crippen molar-refractivity contribution < 1.29 is 14.6 Å². The van der Waals surface area contributed by atoms with Crippen LogP contribution in [0.15, 0.2) is 24.7 Å². The molecule has 0 aliphatic rings. The second-order valence-corrected chi connectivity index (χ2v) is 2.71. The van der Waals surface area contributed by atoms with Crippen LogP contribution in [0.25, 0.3) is 5.65 Å². The van der Waals surface area contributed by atoms with Gasteiger partial charge in [0.25, 0.3) is 0 Å². The van der Waals surface area contributed by atoms with Crippen LogP contribution in [0.5, 0.6) is 0 Å². The predicted octanol–water partition coefficient (Wildman–Crippen LogP) is -0.760. The molecule has 2 heterocycles. The molecule has 0 atom stereocenters. The van der Waals surface area contributed by atoms with Gasteiger partial charge in [0.15, 0.2) is 18.4 Å². The summed E-state index contributed by atoms with van der Waals surface area (Å²) in [7, 11) is 0. The standard InChI is InChI=1S/C8H9N3O2/c1-2-9-4-3-7-10(8(12)13)5-6-11(7)9/h3-6H,2H2,1H3.